The number of hydrogen-bond acceptors (Lipinski definition) is 1. The molecule has 0 bridgehead atoms. The fourth-order valence-corrected chi connectivity index (χ4v) is 2.79. The highest BCUT2D eigenvalue weighted by molar-refractivity contribution is 5.94. The number of amides is 1. The van der Waals surface area contributed by atoms with Crippen molar-refractivity contribution in [3.8, 4) is 0 Å². The first-order valence-electron chi connectivity index (χ1n) is 6.87. The first-order chi connectivity index (χ1) is 9.75. The first-order valence-corrected chi connectivity index (χ1v) is 6.87. The predicted octanol–water partition coefficient (Wildman–Crippen LogP) is 3.80. The minimum Gasteiger partial charge on any atom is -0.332 e. The van der Waals surface area contributed by atoms with Crippen molar-refractivity contribution in [2.75, 3.05) is 6.54 Å². The van der Waals surface area contributed by atoms with Gasteiger partial charge in [0.25, 0.3) is 5.91 Å². The standard InChI is InChI=1S/C17H16FNO/c18-15-10-8-13(9-11-15)16-7-4-12-19(16)17(20)14-5-2-1-3-6-14/h1-3,5-6,8-11,16H,4,7,12H2/t16-/m1/s1. The Morgan fingerprint density at radius 2 is 1.75 bits per heavy atom. The van der Waals surface area contributed by atoms with E-state index in [1.807, 2.05) is 35.2 Å². The second-order valence-electron chi connectivity index (χ2n) is 5.07. The second-order valence-corrected chi connectivity index (χ2v) is 5.07. The third-order valence-electron chi connectivity index (χ3n) is 3.79. The molecule has 1 amide bonds. The summed E-state index contributed by atoms with van der Waals surface area (Å²) in [5.74, 6) is -0.190. The van der Waals surface area contributed by atoms with E-state index < -0.39 is 0 Å². The van der Waals surface area contributed by atoms with Crippen LogP contribution >= 0.6 is 0 Å². The van der Waals surface area contributed by atoms with Crippen LogP contribution in [0, 0.1) is 5.82 Å². The summed E-state index contributed by atoms with van der Waals surface area (Å²) in [5.41, 5.74) is 1.72. The molecule has 3 rings (SSSR count). The van der Waals surface area contributed by atoms with E-state index in [1.54, 1.807) is 12.1 Å². The van der Waals surface area contributed by atoms with Crippen LogP contribution in [-0.2, 0) is 0 Å². The van der Waals surface area contributed by atoms with E-state index >= 15 is 0 Å². The Kier molecular flexibility index (Phi) is 3.50. The fourth-order valence-electron chi connectivity index (χ4n) is 2.79. The van der Waals surface area contributed by atoms with Crippen LogP contribution < -0.4 is 0 Å². The zero-order chi connectivity index (χ0) is 13.9. The molecular formula is C17H16FNO. The lowest BCUT2D eigenvalue weighted by Gasteiger charge is -2.25. The largest absolute Gasteiger partial charge is 0.332 e. The van der Waals surface area contributed by atoms with Crippen LogP contribution in [0.25, 0.3) is 0 Å². The van der Waals surface area contributed by atoms with Gasteiger partial charge in [0.05, 0.1) is 6.04 Å². The van der Waals surface area contributed by atoms with Crippen molar-refractivity contribution in [1.29, 1.82) is 0 Å². The Labute approximate surface area is 117 Å². The first kappa shape index (κ1) is 12.9. The Morgan fingerprint density at radius 3 is 2.45 bits per heavy atom. The van der Waals surface area contributed by atoms with Crippen molar-refractivity contribution in [1.82, 2.24) is 4.90 Å². The molecule has 1 heterocycles. The van der Waals surface area contributed by atoms with Gasteiger partial charge in [-0.05, 0) is 42.7 Å². The maximum absolute atomic E-state index is 13.0. The number of carbonyl (C=O) groups excluding carboxylic acids is 1. The molecule has 2 nitrogen and oxygen atoms in total. The van der Waals surface area contributed by atoms with Crippen molar-refractivity contribution in [2.24, 2.45) is 0 Å². The van der Waals surface area contributed by atoms with Crippen LogP contribution in [0.2, 0.25) is 0 Å². The normalized spacial score (nSPS) is 18.2. The minimum absolute atomic E-state index is 0.0532. The van der Waals surface area contributed by atoms with Gasteiger partial charge in [-0.3, -0.25) is 4.79 Å². The summed E-state index contributed by atoms with van der Waals surface area (Å²) < 4.78 is 13.0. The average Bonchev–Trinajstić information content (AvgIpc) is 2.97. The molecule has 1 aliphatic rings. The summed E-state index contributed by atoms with van der Waals surface area (Å²) in [6.45, 7) is 0.760. The average molecular weight is 269 g/mol. The van der Waals surface area contributed by atoms with E-state index in [4.69, 9.17) is 0 Å². The number of hydrogen-bond donors (Lipinski definition) is 0. The molecular weight excluding hydrogens is 253 g/mol. The summed E-state index contributed by atoms with van der Waals surface area (Å²) in [6.07, 6.45) is 1.92. The Balaban J connectivity index is 1.86. The van der Waals surface area contributed by atoms with Gasteiger partial charge in [0, 0.05) is 12.1 Å². The molecule has 1 aliphatic heterocycles. The Hall–Kier alpha value is -2.16. The number of rotatable bonds is 2. The molecule has 2 aromatic rings. The molecule has 0 aliphatic carbocycles. The molecule has 102 valence electrons. The Morgan fingerprint density at radius 1 is 1.05 bits per heavy atom. The van der Waals surface area contributed by atoms with Crippen LogP contribution in [0.15, 0.2) is 54.6 Å². The maximum atomic E-state index is 13.0. The molecule has 0 radical (unpaired) electrons. The van der Waals surface area contributed by atoms with Crippen molar-refractivity contribution in [3.63, 3.8) is 0 Å². The molecule has 3 heteroatoms. The molecule has 0 saturated carbocycles. The maximum Gasteiger partial charge on any atom is 0.254 e. The SMILES string of the molecule is O=C(c1ccccc1)N1CCC[C@@H]1c1ccc(F)cc1. The molecule has 20 heavy (non-hydrogen) atoms. The number of nitrogens with zero attached hydrogens (tertiary/aromatic N) is 1. The highest BCUT2D eigenvalue weighted by Crippen LogP contribution is 2.33. The van der Waals surface area contributed by atoms with Crippen LogP contribution in [-0.4, -0.2) is 17.4 Å². The molecule has 0 unspecified atom stereocenters. The summed E-state index contributed by atoms with van der Waals surface area (Å²) in [5, 5.41) is 0. The van der Waals surface area contributed by atoms with Gasteiger partial charge in [0.15, 0.2) is 0 Å². The summed E-state index contributed by atoms with van der Waals surface area (Å²) in [7, 11) is 0. The van der Waals surface area contributed by atoms with Gasteiger partial charge in [0.2, 0.25) is 0 Å². The highest BCUT2D eigenvalue weighted by Gasteiger charge is 2.30. The van der Waals surface area contributed by atoms with Crippen molar-refractivity contribution in [3.05, 3.63) is 71.5 Å². The van der Waals surface area contributed by atoms with Gasteiger partial charge >= 0.3 is 0 Å². The van der Waals surface area contributed by atoms with Crippen LogP contribution in [0.5, 0.6) is 0 Å². The summed E-state index contributed by atoms with van der Waals surface area (Å²) in [6, 6.07) is 15.8. The van der Waals surface area contributed by atoms with E-state index in [9.17, 15) is 9.18 Å². The predicted molar refractivity (Wildman–Crippen MR) is 75.9 cm³/mol. The highest BCUT2D eigenvalue weighted by atomic mass is 19.1. The summed E-state index contributed by atoms with van der Waals surface area (Å²) >= 11 is 0. The van der Waals surface area contributed by atoms with Gasteiger partial charge < -0.3 is 4.90 Å². The Bertz CT molecular complexity index is 594. The number of halogens is 1. The van der Waals surface area contributed by atoms with Gasteiger partial charge in [-0.25, -0.2) is 4.39 Å². The van der Waals surface area contributed by atoms with Crippen molar-refractivity contribution >= 4 is 5.91 Å². The van der Waals surface area contributed by atoms with E-state index in [-0.39, 0.29) is 17.8 Å². The van der Waals surface area contributed by atoms with Crippen molar-refractivity contribution in [2.45, 2.75) is 18.9 Å². The van der Waals surface area contributed by atoms with Gasteiger partial charge in [-0.2, -0.15) is 0 Å². The fraction of sp³-hybridized carbons (Fsp3) is 0.235. The zero-order valence-electron chi connectivity index (χ0n) is 11.1. The number of carbonyl (C=O) groups is 1. The van der Waals surface area contributed by atoms with Crippen LogP contribution in [0.1, 0.15) is 34.8 Å². The lowest BCUT2D eigenvalue weighted by atomic mass is 10.0. The molecule has 1 fully saturated rings. The minimum atomic E-state index is -0.243. The van der Waals surface area contributed by atoms with Gasteiger partial charge in [-0.15, -0.1) is 0 Å². The monoisotopic (exact) mass is 269 g/mol. The third kappa shape index (κ3) is 2.44. The molecule has 0 N–H and O–H groups in total. The molecule has 1 atom stereocenters. The van der Waals surface area contributed by atoms with E-state index in [1.165, 1.54) is 12.1 Å². The number of likely N-dealkylation sites (tertiary alicyclic amines) is 1. The molecule has 0 aromatic heterocycles. The van der Waals surface area contributed by atoms with Gasteiger partial charge in [-0.1, -0.05) is 30.3 Å². The zero-order valence-corrected chi connectivity index (χ0v) is 11.1. The topological polar surface area (TPSA) is 20.3 Å². The lowest BCUT2D eigenvalue weighted by molar-refractivity contribution is 0.0735. The van der Waals surface area contributed by atoms with E-state index in [0.29, 0.717) is 5.56 Å². The second kappa shape index (κ2) is 5.45. The van der Waals surface area contributed by atoms with E-state index in [2.05, 4.69) is 0 Å². The van der Waals surface area contributed by atoms with Gasteiger partial charge in [0.1, 0.15) is 5.82 Å². The van der Waals surface area contributed by atoms with Crippen molar-refractivity contribution < 1.29 is 9.18 Å². The van der Waals surface area contributed by atoms with Crippen LogP contribution in [0.4, 0.5) is 4.39 Å². The molecule has 2 aromatic carbocycles. The van der Waals surface area contributed by atoms with Crippen LogP contribution in [0.3, 0.4) is 0 Å². The molecule has 1 saturated heterocycles. The quantitative estimate of drug-likeness (QED) is 0.812. The number of benzene rings is 2. The lowest BCUT2D eigenvalue weighted by Crippen LogP contribution is -2.30. The summed E-state index contributed by atoms with van der Waals surface area (Å²) in [4.78, 5) is 14.4. The van der Waals surface area contributed by atoms with E-state index in [0.717, 1.165) is 24.9 Å². The molecule has 0 spiro atoms. The third-order valence-corrected chi connectivity index (χ3v) is 3.79. The smallest absolute Gasteiger partial charge is 0.254 e.